The summed E-state index contributed by atoms with van der Waals surface area (Å²) in [6.45, 7) is 1.29. The van der Waals surface area contributed by atoms with Crippen molar-refractivity contribution < 1.29 is 4.79 Å². The van der Waals surface area contributed by atoms with E-state index in [0.29, 0.717) is 13.0 Å². The summed E-state index contributed by atoms with van der Waals surface area (Å²) in [5.41, 5.74) is 1.24. The predicted molar refractivity (Wildman–Crippen MR) is 69.7 cm³/mol. The Bertz CT molecular complexity index is 432. The van der Waals surface area contributed by atoms with Crippen LogP contribution in [0.4, 0.5) is 0 Å². The van der Waals surface area contributed by atoms with E-state index in [1.54, 1.807) is 0 Å². The van der Waals surface area contributed by atoms with Gasteiger partial charge in [-0.05, 0) is 24.8 Å². The minimum absolute atomic E-state index is 0.236. The summed E-state index contributed by atoms with van der Waals surface area (Å²) in [5.74, 6) is 0.473. The van der Waals surface area contributed by atoms with Crippen LogP contribution in [0.2, 0.25) is 0 Å². The maximum atomic E-state index is 12.0. The molecule has 3 nitrogen and oxygen atoms in total. The zero-order valence-corrected chi connectivity index (χ0v) is 10.5. The monoisotopic (exact) mass is 242 g/mol. The molecule has 18 heavy (non-hydrogen) atoms. The molecule has 0 saturated heterocycles. The van der Waals surface area contributed by atoms with Gasteiger partial charge in [-0.2, -0.15) is 5.26 Å². The van der Waals surface area contributed by atoms with Gasteiger partial charge in [0.2, 0.25) is 5.91 Å². The number of amides is 1. The highest BCUT2D eigenvalue weighted by Crippen LogP contribution is 2.31. The van der Waals surface area contributed by atoms with Crippen LogP contribution < -0.4 is 0 Å². The number of nitriles is 1. The molecule has 0 aromatic heterocycles. The van der Waals surface area contributed by atoms with Crippen LogP contribution in [-0.4, -0.2) is 23.9 Å². The Morgan fingerprint density at radius 2 is 2.00 bits per heavy atom. The normalized spacial score (nSPS) is 13.9. The maximum absolute atomic E-state index is 12.0. The fraction of sp³-hybridized carbons (Fsp3) is 0.467. The lowest BCUT2D eigenvalue weighted by Gasteiger charge is -2.21. The van der Waals surface area contributed by atoms with Crippen molar-refractivity contribution in [3.63, 3.8) is 0 Å². The molecule has 1 saturated carbocycles. The zero-order valence-electron chi connectivity index (χ0n) is 10.5. The van der Waals surface area contributed by atoms with E-state index in [1.165, 1.54) is 5.56 Å². The van der Waals surface area contributed by atoms with E-state index in [2.05, 4.69) is 18.2 Å². The fourth-order valence-electron chi connectivity index (χ4n) is 2.01. The van der Waals surface area contributed by atoms with Gasteiger partial charge in [-0.1, -0.05) is 30.3 Å². The number of nitrogens with zero attached hydrogens (tertiary/aromatic N) is 2. The Morgan fingerprint density at radius 1 is 1.28 bits per heavy atom. The Morgan fingerprint density at radius 3 is 2.61 bits per heavy atom. The molecule has 94 valence electrons. The van der Waals surface area contributed by atoms with Gasteiger partial charge >= 0.3 is 0 Å². The molecular weight excluding hydrogens is 224 g/mol. The Balaban J connectivity index is 1.88. The maximum Gasteiger partial charge on any atom is 0.225 e. The highest BCUT2D eigenvalue weighted by atomic mass is 16.2. The SMILES string of the molecule is N#CCCN(CCc1ccccc1)C(=O)C1CC1. The van der Waals surface area contributed by atoms with Gasteiger partial charge in [0.1, 0.15) is 0 Å². The van der Waals surface area contributed by atoms with Crippen LogP contribution in [0.5, 0.6) is 0 Å². The quantitative estimate of drug-likeness (QED) is 0.768. The van der Waals surface area contributed by atoms with Gasteiger partial charge in [-0.15, -0.1) is 0 Å². The smallest absolute Gasteiger partial charge is 0.225 e. The number of benzene rings is 1. The third-order valence-corrected chi connectivity index (χ3v) is 3.25. The fourth-order valence-corrected chi connectivity index (χ4v) is 2.01. The lowest BCUT2D eigenvalue weighted by atomic mass is 10.1. The Hall–Kier alpha value is -1.82. The third-order valence-electron chi connectivity index (χ3n) is 3.25. The van der Waals surface area contributed by atoms with Gasteiger partial charge in [0.05, 0.1) is 12.5 Å². The lowest BCUT2D eigenvalue weighted by Crippen LogP contribution is -2.34. The van der Waals surface area contributed by atoms with E-state index in [4.69, 9.17) is 5.26 Å². The van der Waals surface area contributed by atoms with Crippen LogP contribution in [0.1, 0.15) is 24.8 Å². The lowest BCUT2D eigenvalue weighted by molar-refractivity contribution is -0.132. The van der Waals surface area contributed by atoms with Gasteiger partial charge in [-0.25, -0.2) is 0 Å². The highest BCUT2D eigenvalue weighted by molar-refractivity contribution is 5.81. The second-order valence-electron chi connectivity index (χ2n) is 4.74. The number of carbonyl (C=O) groups excluding carboxylic acids is 1. The average molecular weight is 242 g/mol. The van der Waals surface area contributed by atoms with Crippen LogP contribution in [0, 0.1) is 17.2 Å². The van der Waals surface area contributed by atoms with Crippen molar-refractivity contribution in [2.24, 2.45) is 5.92 Å². The first kappa shape index (κ1) is 12.6. The summed E-state index contributed by atoms with van der Waals surface area (Å²) >= 11 is 0. The van der Waals surface area contributed by atoms with Gasteiger partial charge in [0, 0.05) is 19.0 Å². The van der Waals surface area contributed by atoms with E-state index < -0.39 is 0 Å². The zero-order chi connectivity index (χ0) is 12.8. The summed E-state index contributed by atoms with van der Waals surface area (Å²) in [6, 6.07) is 12.3. The van der Waals surface area contributed by atoms with E-state index in [9.17, 15) is 4.79 Å². The number of rotatable bonds is 6. The second kappa shape index (κ2) is 6.20. The number of hydrogen-bond donors (Lipinski definition) is 0. The molecule has 1 amide bonds. The van der Waals surface area contributed by atoms with Crippen molar-refractivity contribution in [1.82, 2.24) is 4.90 Å². The molecule has 1 aromatic rings. The third kappa shape index (κ3) is 3.59. The second-order valence-corrected chi connectivity index (χ2v) is 4.74. The minimum Gasteiger partial charge on any atom is -0.341 e. The molecule has 1 fully saturated rings. The predicted octanol–water partition coefficient (Wildman–Crippen LogP) is 2.38. The van der Waals surface area contributed by atoms with Gasteiger partial charge < -0.3 is 4.90 Å². The number of hydrogen-bond acceptors (Lipinski definition) is 2. The van der Waals surface area contributed by atoms with Crippen LogP contribution >= 0.6 is 0 Å². The van der Waals surface area contributed by atoms with Crippen LogP contribution in [0.3, 0.4) is 0 Å². The van der Waals surface area contributed by atoms with Crippen LogP contribution in [-0.2, 0) is 11.2 Å². The largest absolute Gasteiger partial charge is 0.341 e. The minimum atomic E-state index is 0.236. The molecule has 0 unspecified atom stereocenters. The van der Waals surface area contributed by atoms with E-state index in [0.717, 1.165) is 25.8 Å². The van der Waals surface area contributed by atoms with Crippen molar-refractivity contribution >= 4 is 5.91 Å². The molecule has 0 aliphatic heterocycles. The molecule has 1 aliphatic rings. The van der Waals surface area contributed by atoms with E-state index >= 15 is 0 Å². The van der Waals surface area contributed by atoms with Crippen molar-refractivity contribution in [3.05, 3.63) is 35.9 Å². The summed E-state index contributed by atoms with van der Waals surface area (Å²) in [6.07, 6.45) is 3.33. The van der Waals surface area contributed by atoms with Crippen molar-refractivity contribution in [2.75, 3.05) is 13.1 Å². The summed E-state index contributed by atoms with van der Waals surface area (Å²) < 4.78 is 0. The number of carbonyl (C=O) groups is 1. The van der Waals surface area contributed by atoms with Crippen molar-refractivity contribution in [3.8, 4) is 6.07 Å². The molecule has 0 atom stereocenters. The summed E-state index contributed by atoms with van der Waals surface area (Å²) in [4.78, 5) is 13.9. The Labute approximate surface area is 108 Å². The first-order chi connectivity index (χ1) is 8.81. The molecule has 1 aromatic carbocycles. The van der Waals surface area contributed by atoms with Gasteiger partial charge in [-0.3, -0.25) is 4.79 Å². The summed E-state index contributed by atoms with van der Waals surface area (Å²) in [7, 11) is 0. The molecule has 2 rings (SSSR count). The molecule has 0 heterocycles. The Kier molecular flexibility index (Phi) is 4.35. The van der Waals surface area contributed by atoms with Crippen molar-refractivity contribution in [1.29, 1.82) is 5.26 Å². The van der Waals surface area contributed by atoms with Crippen LogP contribution in [0.25, 0.3) is 0 Å². The van der Waals surface area contributed by atoms with Crippen LogP contribution in [0.15, 0.2) is 30.3 Å². The summed E-state index contributed by atoms with van der Waals surface area (Å²) in [5, 5.41) is 8.65. The van der Waals surface area contributed by atoms with Crippen molar-refractivity contribution in [2.45, 2.75) is 25.7 Å². The molecule has 0 N–H and O–H groups in total. The molecule has 0 bridgehead atoms. The van der Waals surface area contributed by atoms with E-state index in [-0.39, 0.29) is 11.8 Å². The molecular formula is C15H18N2O. The van der Waals surface area contributed by atoms with E-state index in [1.807, 2.05) is 23.1 Å². The molecule has 1 aliphatic carbocycles. The van der Waals surface area contributed by atoms with Gasteiger partial charge in [0.25, 0.3) is 0 Å². The molecule has 0 radical (unpaired) electrons. The molecule has 0 spiro atoms. The van der Waals surface area contributed by atoms with Gasteiger partial charge in [0.15, 0.2) is 0 Å². The molecule has 3 heteroatoms. The average Bonchev–Trinajstić information content (AvgIpc) is 3.24. The topological polar surface area (TPSA) is 44.1 Å². The first-order valence-corrected chi connectivity index (χ1v) is 6.51. The standard InChI is InChI=1S/C15H18N2O/c16-10-4-11-17(15(18)14-7-8-14)12-9-13-5-2-1-3-6-13/h1-3,5-6,14H,4,7-9,11-12H2. The highest BCUT2D eigenvalue weighted by Gasteiger charge is 2.32. The first-order valence-electron chi connectivity index (χ1n) is 6.51.